The molecular formula is C20H17Cl2NO5. The molecule has 3 rings (SSSR count). The van der Waals surface area contributed by atoms with Crippen LogP contribution < -0.4 is 14.8 Å². The molecule has 0 unspecified atom stereocenters. The molecule has 0 aliphatic rings. The highest BCUT2D eigenvalue weighted by Gasteiger charge is 2.10. The van der Waals surface area contributed by atoms with Gasteiger partial charge in [0, 0.05) is 10.7 Å². The highest BCUT2D eigenvalue weighted by Crippen LogP contribution is 2.27. The van der Waals surface area contributed by atoms with E-state index in [1.54, 1.807) is 54.6 Å². The third kappa shape index (κ3) is 5.66. The largest absolute Gasteiger partial charge is 0.491 e. The number of carbonyl (C=O) groups is 1. The standard InChI is InChI=1S/C20H17Cl2NO5/c21-13-3-8-18(17(22)10-13)28-12-15(24)11-27-16-6-4-14(5-7-16)23-20(25)19-2-1-9-26-19/h1-10,15,24H,11-12H2,(H,23,25)/t15-/m1/s1. The fourth-order valence-electron chi connectivity index (χ4n) is 2.25. The Morgan fingerprint density at radius 2 is 1.82 bits per heavy atom. The highest BCUT2D eigenvalue weighted by atomic mass is 35.5. The van der Waals surface area contributed by atoms with Crippen LogP contribution in [0.1, 0.15) is 10.6 Å². The van der Waals surface area contributed by atoms with Crippen LogP contribution >= 0.6 is 23.2 Å². The first kappa shape index (κ1) is 20.1. The second-order valence-electron chi connectivity index (χ2n) is 5.81. The van der Waals surface area contributed by atoms with Crippen molar-refractivity contribution in [1.82, 2.24) is 0 Å². The molecule has 2 aromatic carbocycles. The molecule has 6 nitrogen and oxygen atoms in total. The average Bonchev–Trinajstić information content (AvgIpc) is 3.22. The van der Waals surface area contributed by atoms with Crippen LogP contribution in [-0.4, -0.2) is 30.3 Å². The number of nitrogens with one attached hydrogen (secondary N) is 1. The van der Waals surface area contributed by atoms with Crippen LogP contribution in [0.4, 0.5) is 5.69 Å². The lowest BCUT2D eigenvalue weighted by molar-refractivity contribution is 0.0627. The molecule has 3 aromatic rings. The summed E-state index contributed by atoms with van der Waals surface area (Å²) in [6.45, 7) is 0.0436. The molecule has 0 spiro atoms. The fourth-order valence-corrected chi connectivity index (χ4v) is 2.72. The van der Waals surface area contributed by atoms with Gasteiger partial charge in [0.15, 0.2) is 5.76 Å². The topological polar surface area (TPSA) is 80.9 Å². The van der Waals surface area contributed by atoms with Gasteiger partial charge in [0.05, 0.1) is 11.3 Å². The fraction of sp³-hybridized carbons (Fsp3) is 0.150. The van der Waals surface area contributed by atoms with Crippen LogP contribution in [0.5, 0.6) is 11.5 Å². The van der Waals surface area contributed by atoms with Crippen molar-refractivity contribution < 1.29 is 23.8 Å². The number of hydrogen-bond acceptors (Lipinski definition) is 5. The van der Waals surface area contributed by atoms with Crippen LogP contribution in [0.25, 0.3) is 0 Å². The monoisotopic (exact) mass is 421 g/mol. The molecule has 1 atom stereocenters. The molecule has 28 heavy (non-hydrogen) atoms. The summed E-state index contributed by atoms with van der Waals surface area (Å²) in [6, 6.07) is 14.8. The summed E-state index contributed by atoms with van der Waals surface area (Å²) in [4.78, 5) is 11.9. The van der Waals surface area contributed by atoms with E-state index in [-0.39, 0.29) is 24.9 Å². The predicted molar refractivity (Wildman–Crippen MR) is 107 cm³/mol. The maximum Gasteiger partial charge on any atom is 0.291 e. The number of aliphatic hydroxyl groups excluding tert-OH is 1. The molecule has 0 aliphatic heterocycles. The molecule has 0 saturated carbocycles. The van der Waals surface area contributed by atoms with Gasteiger partial charge in [-0.1, -0.05) is 23.2 Å². The van der Waals surface area contributed by atoms with Gasteiger partial charge in [0.1, 0.15) is 30.8 Å². The summed E-state index contributed by atoms with van der Waals surface area (Å²) in [6.07, 6.45) is 0.576. The molecule has 2 N–H and O–H groups in total. The van der Waals surface area contributed by atoms with Gasteiger partial charge in [0.2, 0.25) is 0 Å². The molecule has 8 heteroatoms. The minimum atomic E-state index is -0.856. The van der Waals surface area contributed by atoms with Crippen molar-refractivity contribution in [2.75, 3.05) is 18.5 Å². The quantitative estimate of drug-likeness (QED) is 0.552. The van der Waals surface area contributed by atoms with Gasteiger partial charge in [-0.2, -0.15) is 0 Å². The second kappa shape index (κ2) is 9.50. The highest BCUT2D eigenvalue weighted by molar-refractivity contribution is 6.35. The number of ether oxygens (including phenoxy) is 2. The van der Waals surface area contributed by atoms with E-state index in [0.29, 0.717) is 27.2 Å². The Hall–Kier alpha value is -2.67. The van der Waals surface area contributed by atoms with Crippen LogP contribution in [0.3, 0.4) is 0 Å². The summed E-state index contributed by atoms with van der Waals surface area (Å²) < 4.78 is 16.0. The summed E-state index contributed by atoms with van der Waals surface area (Å²) in [5.74, 6) is 0.859. The van der Waals surface area contributed by atoms with Gasteiger partial charge >= 0.3 is 0 Å². The average molecular weight is 422 g/mol. The Kier molecular flexibility index (Phi) is 6.81. The molecule has 1 amide bonds. The van der Waals surface area contributed by atoms with Gasteiger partial charge in [-0.3, -0.25) is 4.79 Å². The SMILES string of the molecule is O=C(Nc1ccc(OC[C@@H](O)COc2ccc(Cl)cc2Cl)cc1)c1ccco1. The number of hydrogen-bond donors (Lipinski definition) is 2. The Balaban J connectivity index is 1.44. The molecule has 0 aliphatic carbocycles. The third-order valence-corrected chi connectivity index (χ3v) is 4.16. The van der Waals surface area contributed by atoms with Crippen molar-refractivity contribution in [3.8, 4) is 11.5 Å². The van der Waals surface area contributed by atoms with Gasteiger partial charge < -0.3 is 24.3 Å². The van der Waals surface area contributed by atoms with E-state index in [1.807, 2.05) is 0 Å². The van der Waals surface area contributed by atoms with E-state index < -0.39 is 6.10 Å². The van der Waals surface area contributed by atoms with Crippen LogP contribution in [-0.2, 0) is 0 Å². The Morgan fingerprint density at radius 3 is 2.50 bits per heavy atom. The normalized spacial score (nSPS) is 11.7. The van der Waals surface area contributed by atoms with E-state index in [2.05, 4.69) is 5.32 Å². The van der Waals surface area contributed by atoms with E-state index in [0.717, 1.165) is 0 Å². The van der Waals surface area contributed by atoms with Crippen molar-refractivity contribution >= 4 is 34.8 Å². The lowest BCUT2D eigenvalue weighted by Crippen LogP contribution is -2.25. The molecule has 146 valence electrons. The maximum absolute atomic E-state index is 11.9. The number of anilines is 1. The lowest BCUT2D eigenvalue weighted by Gasteiger charge is -2.14. The van der Waals surface area contributed by atoms with Crippen molar-refractivity contribution in [3.63, 3.8) is 0 Å². The lowest BCUT2D eigenvalue weighted by atomic mass is 10.3. The van der Waals surface area contributed by atoms with Gasteiger partial charge in [-0.25, -0.2) is 0 Å². The van der Waals surface area contributed by atoms with Crippen molar-refractivity contribution in [1.29, 1.82) is 0 Å². The minimum Gasteiger partial charge on any atom is -0.491 e. The Bertz CT molecular complexity index is 913. The summed E-state index contributed by atoms with van der Waals surface area (Å²) in [5.41, 5.74) is 0.593. The first-order chi connectivity index (χ1) is 13.5. The van der Waals surface area contributed by atoms with Gasteiger partial charge in [-0.05, 0) is 54.6 Å². The van der Waals surface area contributed by atoms with Crippen molar-refractivity contribution in [2.24, 2.45) is 0 Å². The zero-order valence-corrected chi connectivity index (χ0v) is 16.1. The van der Waals surface area contributed by atoms with Crippen molar-refractivity contribution in [2.45, 2.75) is 6.10 Å². The molecule has 0 radical (unpaired) electrons. The van der Waals surface area contributed by atoms with Crippen LogP contribution in [0.2, 0.25) is 10.0 Å². The number of carbonyl (C=O) groups excluding carboxylic acids is 1. The number of rotatable bonds is 8. The molecule has 1 aromatic heterocycles. The number of halogens is 2. The Morgan fingerprint density at radius 1 is 1.07 bits per heavy atom. The smallest absolute Gasteiger partial charge is 0.291 e. The number of amides is 1. The van der Waals surface area contributed by atoms with Crippen LogP contribution in [0.15, 0.2) is 65.3 Å². The van der Waals surface area contributed by atoms with Gasteiger partial charge in [-0.15, -0.1) is 0 Å². The van der Waals surface area contributed by atoms with Crippen LogP contribution in [0, 0.1) is 0 Å². The summed E-state index contributed by atoms with van der Waals surface area (Å²) in [7, 11) is 0. The zero-order chi connectivity index (χ0) is 19.9. The van der Waals surface area contributed by atoms with E-state index in [4.69, 9.17) is 37.1 Å². The molecule has 0 bridgehead atoms. The molecule has 0 saturated heterocycles. The van der Waals surface area contributed by atoms with Crippen molar-refractivity contribution in [3.05, 3.63) is 76.7 Å². The maximum atomic E-state index is 11.9. The first-order valence-electron chi connectivity index (χ1n) is 8.35. The van der Waals surface area contributed by atoms with E-state index in [9.17, 15) is 9.90 Å². The second-order valence-corrected chi connectivity index (χ2v) is 6.65. The number of benzene rings is 2. The molecule has 0 fully saturated rings. The third-order valence-electron chi connectivity index (χ3n) is 3.62. The van der Waals surface area contributed by atoms with Gasteiger partial charge in [0.25, 0.3) is 5.91 Å². The number of aliphatic hydroxyl groups is 1. The first-order valence-corrected chi connectivity index (χ1v) is 9.10. The predicted octanol–water partition coefficient (Wildman–Crippen LogP) is 4.66. The van der Waals surface area contributed by atoms with E-state index in [1.165, 1.54) is 6.26 Å². The number of furan rings is 1. The van der Waals surface area contributed by atoms with E-state index >= 15 is 0 Å². The Labute approximate surface area is 171 Å². The summed E-state index contributed by atoms with van der Waals surface area (Å²) in [5, 5.41) is 13.6. The minimum absolute atomic E-state index is 0.0125. The molecular weight excluding hydrogens is 405 g/mol. The zero-order valence-electron chi connectivity index (χ0n) is 14.6. The summed E-state index contributed by atoms with van der Waals surface area (Å²) >= 11 is 11.8. The molecule has 1 heterocycles.